The summed E-state index contributed by atoms with van der Waals surface area (Å²) in [5.41, 5.74) is -1.13. The quantitative estimate of drug-likeness (QED) is 0.477. The van der Waals surface area contributed by atoms with Gasteiger partial charge in [0, 0.05) is 29.1 Å². The van der Waals surface area contributed by atoms with Crippen molar-refractivity contribution in [3.05, 3.63) is 71.0 Å². The summed E-state index contributed by atoms with van der Waals surface area (Å²) in [6.45, 7) is 2.74. The molecule has 0 aliphatic rings. The van der Waals surface area contributed by atoms with Crippen LogP contribution in [0.4, 0.5) is 30.7 Å². The van der Waals surface area contributed by atoms with Crippen molar-refractivity contribution in [1.82, 2.24) is 9.78 Å². The van der Waals surface area contributed by atoms with Gasteiger partial charge in [0.1, 0.15) is 0 Å². The van der Waals surface area contributed by atoms with Crippen LogP contribution in [0.2, 0.25) is 0 Å². The van der Waals surface area contributed by atoms with Gasteiger partial charge in [-0.05, 0) is 48.2 Å². The van der Waals surface area contributed by atoms with Crippen LogP contribution >= 0.6 is 0 Å². The van der Waals surface area contributed by atoms with Crippen LogP contribution in [0.1, 0.15) is 34.0 Å². The molecule has 0 aliphatic carbocycles. The molecule has 3 rings (SSSR count). The highest BCUT2D eigenvalue weighted by molar-refractivity contribution is 6.03. The molecule has 0 fully saturated rings. The number of carbonyl (C=O) groups excluding carboxylic acids is 1. The Kier molecular flexibility index (Phi) is 6.03. The van der Waals surface area contributed by atoms with Crippen molar-refractivity contribution in [1.29, 1.82) is 0 Å². The Bertz CT molecular complexity index is 1170. The molecule has 0 saturated carbocycles. The first kappa shape index (κ1) is 24.3. The molecule has 4 nitrogen and oxygen atoms in total. The first-order valence-corrected chi connectivity index (χ1v) is 9.63. The lowest BCUT2D eigenvalue weighted by molar-refractivity contribution is -0.348. The number of aryl methyl sites for hydroxylation is 2. The Morgan fingerprint density at radius 2 is 1.64 bits per heavy atom. The van der Waals surface area contributed by atoms with Crippen molar-refractivity contribution in [3.63, 3.8) is 0 Å². The molecule has 33 heavy (non-hydrogen) atoms. The molecule has 1 heterocycles. The van der Waals surface area contributed by atoms with E-state index in [2.05, 4.69) is 5.10 Å². The van der Waals surface area contributed by atoms with E-state index in [0.29, 0.717) is 17.8 Å². The second-order valence-electron chi connectivity index (χ2n) is 7.35. The van der Waals surface area contributed by atoms with Gasteiger partial charge in [0.25, 0.3) is 0 Å². The number of aromatic nitrogens is 2. The standard InChI is InChI=1S/C22H18F7N3O/c1-3-13-11-14(20(23,21(24,25)26)22(27,28)29)10-12(2)17(13)18-15(19(30)33)6-4-7-16(18)32-9-5-8-31-32/h4-11H,3H2,1-2H3,(H2,30,33). The molecule has 2 N–H and O–H groups in total. The van der Waals surface area contributed by atoms with E-state index in [1.807, 2.05) is 0 Å². The number of nitrogens with two attached hydrogens (primary N) is 1. The Hall–Kier alpha value is -3.37. The monoisotopic (exact) mass is 473 g/mol. The van der Waals surface area contributed by atoms with Crippen molar-refractivity contribution >= 4 is 5.91 Å². The number of primary amides is 1. The van der Waals surface area contributed by atoms with E-state index in [9.17, 15) is 35.5 Å². The SMILES string of the molecule is CCc1cc(C(F)(C(F)(F)F)C(F)(F)F)cc(C)c1-c1c(C(N)=O)cccc1-n1cccn1. The number of benzene rings is 2. The summed E-state index contributed by atoms with van der Waals surface area (Å²) in [6.07, 6.45) is -9.55. The van der Waals surface area contributed by atoms with Crippen molar-refractivity contribution in [2.75, 3.05) is 0 Å². The van der Waals surface area contributed by atoms with Crippen molar-refractivity contribution < 1.29 is 35.5 Å². The number of carbonyl (C=O) groups is 1. The molecule has 0 aliphatic heterocycles. The van der Waals surface area contributed by atoms with E-state index in [0.717, 1.165) is 0 Å². The molecule has 1 aromatic heterocycles. The summed E-state index contributed by atoms with van der Waals surface area (Å²) in [5.74, 6) is -0.866. The van der Waals surface area contributed by atoms with Gasteiger partial charge in [-0.3, -0.25) is 4.79 Å². The minimum Gasteiger partial charge on any atom is -0.366 e. The lowest BCUT2D eigenvalue weighted by atomic mass is 9.84. The molecule has 11 heteroatoms. The van der Waals surface area contributed by atoms with Gasteiger partial charge in [0.05, 0.1) is 5.69 Å². The van der Waals surface area contributed by atoms with E-state index in [1.54, 1.807) is 18.3 Å². The molecule has 176 valence electrons. The topological polar surface area (TPSA) is 60.9 Å². The zero-order valence-corrected chi connectivity index (χ0v) is 17.4. The lowest BCUT2D eigenvalue weighted by Crippen LogP contribution is -2.50. The maximum atomic E-state index is 14.7. The molecule has 0 spiro atoms. The van der Waals surface area contributed by atoms with Gasteiger partial charge in [0.15, 0.2) is 0 Å². The molecule has 0 unspecified atom stereocenters. The van der Waals surface area contributed by atoms with Gasteiger partial charge >= 0.3 is 18.0 Å². The molecule has 0 bridgehead atoms. The Morgan fingerprint density at radius 1 is 1.00 bits per heavy atom. The molecule has 1 amide bonds. The number of halogens is 7. The average Bonchev–Trinajstić information content (AvgIpc) is 3.25. The van der Waals surface area contributed by atoms with Gasteiger partial charge in [-0.2, -0.15) is 31.4 Å². The van der Waals surface area contributed by atoms with Crippen LogP contribution in [-0.4, -0.2) is 28.0 Å². The van der Waals surface area contributed by atoms with Crippen LogP contribution in [0.3, 0.4) is 0 Å². The first-order valence-electron chi connectivity index (χ1n) is 9.63. The minimum absolute atomic E-state index is 0.0216. The van der Waals surface area contributed by atoms with Gasteiger partial charge < -0.3 is 5.73 Å². The number of hydrogen-bond donors (Lipinski definition) is 1. The van der Waals surface area contributed by atoms with Gasteiger partial charge in [-0.15, -0.1) is 0 Å². The lowest BCUT2D eigenvalue weighted by Gasteiger charge is -2.31. The normalized spacial score (nSPS) is 12.8. The van der Waals surface area contributed by atoms with E-state index in [1.165, 1.54) is 36.9 Å². The summed E-state index contributed by atoms with van der Waals surface area (Å²) < 4.78 is 96.1. The summed E-state index contributed by atoms with van der Waals surface area (Å²) in [6, 6.07) is 7.07. The third-order valence-corrected chi connectivity index (χ3v) is 5.29. The van der Waals surface area contributed by atoms with E-state index < -0.39 is 29.5 Å². The average molecular weight is 473 g/mol. The van der Waals surface area contributed by atoms with E-state index in [-0.39, 0.29) is 34.2 Å². The molecule has 3 aromatic rings. The van der Waals surface area contributed by atoms with Crippen molar-refractivity contribution in [3.8, 4) is 16.8 Å². The number of rotatable bonds is 5. The molecule has 2 aromatic carbocycles. The van der Waals surface area contributed by atoms with Gasteiger partial charge in [0.2, 0.25) is 5.91 Å². The van der Waals surface area contributed by atoms with E-state index in [4.69, 9.17) is 5.73 Å². The summed E-state index contributed by atoms with van der Waals surface area (Å²) in [5, 5.41) is 4.09. The van der Waals surface area contributed by atoms with Crippen LogP contribution in [0.25, 0.3) is 16.8 Å². The minimum atomic E-state index is -6.24. The smallest absolute Gasteiger partial charge is 0.366 e. The fourth-order valence-corrected chi connectivity index (χ4v) is 3.79. The van der Waals surface area contributed by atoms with Crippen LogP contribution < -0.4 is 5.73 Å². The van der Waals surface area contributed by atoms with Crippen LogP contribution in [0, 0.1) is 6.92 Å². The number of amides is 1. The fourth-order valence-electron chi connectivity index (χ4n) is 3.79. The first-order chi connectivity index (χ1) is 15.2. The van der Waals surface area contributed by atoms with Crippen LogP contribution in [0.15, 0.2) is 48.8 Å². The fraction of sp³-hybridized carbons (Fsp3) is 0.273. The molecular formula is C22H18F7N3O. The van der Waals surface area contributed by atoms with Crippen LogP contribution in [-0.2, 0) is 12.1 Å². The highest BCUT2D eigenvalue weighted by Crippen LogP contribution is 2.54. The highest BCUT2D eigenvalue weighted by atomic mass is 19.4. The zero-order chi connectivity index (χ0) is 24.8. The maximum absolute atomic E-state index is 14.7. The molecule has 0 atom stereocenters. The Morgan fingerprint density at radius 3 is 2.12 bits per heavy atom. The Balaban J connectivity index is 2.40. The number of hydrogen-bond acceptors (Lipinski definition) is 2. The molecule has 0 radical (unpaired) electrons. The summed E-state index contributed by atoms with van der Waals surface area (Å²) in [7, 11) is 0. The van der Waals surface area contributed by atoms with E-state index >= 15 is 0 Å². The largest absolute Gasteiger partial charge is 0.435 e. The number of alkyl halides is 7. The second kappa shape index (κ2) is 8.20. The molecular weight excluding hydrogens is 455 g/mol. The summed E-state index contributed by atoms with van der Waals surface area (Å²) in [4.78, 5) is 12.2. The van der Waals surface area contributed by atoms with Gasteiger partial charge in [-0.25, -0.2) is 9.07 Å². The highest BCUT2D eigenvalue weighted by Gasteiger charge is 2.73. The Labute approximate surface area is 183 Å². The zero-order valence-electron chi connectivity index (χ0n) is 17.4. The third kappa shape index (κ3) is 3.96. The molecule has 0 saturated heterocycles. The third-order valence-electron chi connectivity index (χ3n) is 5.29. The number of nitrogens with zero attached hydrogens (tertiary/aromatic N) is 2. The van der Waals surface area contributed by atoms with Crippen molar-refractivity contribution in [2.45, 2.75) is 38.3 Å². The second-order valence-corrected chi connectivity index (χ2v) is 7.35. The van der Waals surface area contributed by atoms with Crippen LogP contribution in [0.5, 0.6) is 0 Å². The summed E-state index contributed by atoms with van der Waals surface area (Å²) >= 11 is 0. The predicted octanol–water partition coefficient (Wildman–Crippen LogP) is 5.80. The predicted molar refractivity (Wildman–Crippen MR) is 107 cm³/mol. The maximum Gasteiger partial charge on any atom is 0.435 e. The van der Waals surface area contributed by atoms with Gasteiger partial charge in [-0.1, -0.05) is 25.1 Å². The van der Waals surface area contributed by atoms with Crippen molar-refractivity contribution in [2.24, 2.45) is 5.73 Å².